The molecule has 310 valence electrons. The predicted octanol–water partition coefficient (Wildman–Crippen LogP) is 13.2. The first kappa shape index (κ1) is 37.3. The predicted molar refractivity (Wildman–Crippen MR) is 262 cm³/mol. The molecular formula is C58H59BN2O. The maximum atomic E-state index is 7.32. The van der Waals surface area contributed by atoms with E-state index in [4.69, 9.17) is 4.74 Å². The fourth-order valence-corrected chi connectivity index (χ4v) is 13.9. The van der Waals surface area contributed by atoms with Crippen molar-refractivity contribution in [3.63, 3.8) is 0 Å². The van der Waals surface area contributed by atoms with Gasteiger partial charge >= 0.3 is 0 Å². The summed E-state index contributed by atoms with van der Waals surface area (Å²) < 4.78 is 12.6. The summed E-state index contributed by atoms with van der Waals surface area (Å²) in [4.78, 5) is 0. The van der Waals surface area contributed by atoms with E-state index in [2.05, 4.69) is 175 Å². The first-order valence-corrected chi connectivity index (χ1v) is 23.7. The third kappa shape index (κ3) is 5.07. The Morgan fingerprint density at radius 2 is 1.13 bits per heavy atom. The Hall–Kier alpha value is -5.22. The number of rotatable bonds is 2. The molecule has 8 aromatic rings. The van der Waals surface area contributed by atoms with E-state index in [0.29, 0.717) is 0 Å². The highest BCUT2D eigenvalue weighted by atomic mass is 16.5. The molecule has 6 aliphatic rings. The summed E-state index contributed by atoms with van der Waals surface area (Å²) in [5.74, 6) is 4.56. The third-order valence-electron chi connectivity index (χ3n) is 16.5. The maximum absolute atomic E-state index is 7.32. The normalized spacial score (nSPS) is 22.5. The molecule has 14 rings (SSSR count). The van der Waals surface area contributed by atoms with E-state index < -0.39 is 0 Å². The van der Waals surface area contributed by atoms with Gasteiger partial charge in [-0.05, 0) is 153 Å². The Morgan fingerprint density at radius 1 is 0.516 bits per heavy atom. The summed E-state index contributed by atoms with van der Waals surface area (Å²) in [5, 5.41) is 5.40. The van der Waals surface area contributed by atoms with Crippen molar-refractivity contribution in [2.45, 2.75) is 122 Å². The fraction of sp³-hybridized carbons (Fsp3) is 0.379. The van der Waals surface area contributed by atoms with E-state index in [1.165, 1.54) is 127 Å². The van der Waals surface area contributed by atoms with Gasteiger partial charge in [-0.25, -0.2) is 0 Å². The average molecular weight is 811 g/mol. The summed E-state index contributed by atoms with van der Waals surface area (Å²) >= 11 is 0. The van der Waals surface area contributed by atoms with Gasteiger partial charge in [0.1, 0.15) is 11.5 Å². The molecule has 2 aromatic heterocycles. The van der Waals surface area contributed by atoms with Crippen molar-refractivity contribution >= 4 is 66.7 Å². The molecule has 6 aromatic carbocycles. The van der Waals surface area contributed by atoms with Crippen LogP contribution in [0, 0.1) is 17.8 Å². The van der Waals surface area contributed by atoms with Crippen LogP contribution in [0.5, 0.6) is 11.5 Å². The van der Waals surface area contributed by atoms with Crippen LogP contribution in [-0.4, -0.2) is 15.8 Å². The Morgan fingerprint density at radius 3 is 1.84 bits per heavy atom. The van der Waals surface area contributed by atoms with Crippen molar-refractivity contribution in [3.8, 4) is 22.9 Å². The van der Waals surface area contributed by atoms with Crippen molar-refractivity contribution in [2.75, 3.05) is 0 Å². The Labute approximate surface area is 367 Å². The molecule has 4 heteroatoms. The van der Waals surface area contributed by atoms with Crippen molar-refractivity contribution < 1.29 is 4.74 Å². The van der Waals surface area contributed by atoms with Gasteiger partial charge in [0.2, 0.25) is 0 Å². The highest BCUT2D eigenvalue weighted by molar-refractivity contribution is 6.99. The molecule has 0 N–H and O–H groups in total. The summed E-state index contributed by atoms with van der Waals surface area (Å²) in [5.41, 5.74) is 17.6. The zero-order chi connectivity index (χ0) is 42.4. The lowest BCUT2D eigenvalue weighted by Crippen LogP contribution is -2.58. The summed E-state index contributed by atoms with van der Waals surface area (Å²) in [6.45, 7) is 21.2. The van der Waals surface area contributed by atoms with Gasteiger partial charge in [-0.1, -0.05) is 123 Å². The van der Waals surface area contributed by atoms with E-state index in [-0.39, 0.29) is 28.4 Å². The molecule has 4 aliphatic carbocycles. The number of benzene rings is 6. The molecule has 4 fully saturated rings. The van der Waals surface area contributed by atoms with E-state index in [0.717, 1.165) is 29.3 Å². The van der Waals surface area contributed by atoms with Crippen LogP contribution in [0.2, 0.25) is 0 Å². The molecule has 4 saturated carbocycles. The number of hydrogen-bond acceptors (Lipinski definition) is 1. The number of fused-ring (bicyclic) bond motifs is 10. The van der Waals surface area contributed by atoms with Crippen LogP contribution in [0.4, 0.5) is 0 Å². The molecule has 4 heterocycles. The zero-order valence-electron chi connectivity index (χ0n) is 38.2. The van der Waals surface area contributed by atoms with Crippen molar-refractivity contribution in [1.82, 2.24) is 9.13 Å². The summed E-state index contributed by atoms with van der Waals surface area (Å²) in [6, 6.07) is 40.8. The zero-order valence-corrected chi connectivity index (χ0v) is 38.2. The van der Waals surface area contributed by atoms with Crippen LogP contribution in [0.15, 0.2) is 103 Å². The van der Waals surface area contributed by atoms with E-state index in [1.807, 2.05) is 0 Å². The Kier molecular flexibility index (Phi) is 7.27. The van der Waals surface area contributed by atoms with Crippen LogP contribution >= 0.6 is 0 Å². The number of aromatic nitrogens is 2. The van der Waals surface area contributed by atoms with Gasteiger partial charge in [0.05, 0.1) is 22.2 Å². The first-order chi connectivity index (χ1) is 29.5. The van der Waals surface area contributed by atoms with Crippen molar-refractivity contribution in [1.29, 1.82) is 0 Å². The molecule has 4 bridgehead atoms. The SMILES string of the molecule is CC(C)(C)c1ccc2c(c1)B1c3c(cc(-n4c5ccccc5c5cccc(C67CC8CC(CC(C8)C6)C7)c54)cc3-n3c4ccc(C(C)(C)C)cc4c4cc(C(C)(C)C)cc1c43)O2. The minimum atomic E-state index is -0.0279. The van der Waals surface area contributed by atoms with Crippen LogP contribution in [-0.2, 0) is 21.7 Å². The largest absolute Gasteiger partial charge is 0.458 e. The van der Waals surface area contributed by atoms with E-state index in [1.54, 1.807) is 5.56 Å². The van der Waals surface area contributed by atoms with Gasteiger partial charge in [0, 0.05) is 38.8 Å². The molecule has 2 aliphatic heterocycles. The minimum Gasteiger partial charge on any atom is -0.458 e. The topological polar surface area (TPSA) is 19.1 Å². The smallest absolute Gasteiger partial charge is 0.256 e. The van der Waals surface area contributed by atoms with E-state index in [9.17, 15) is 0 Å². The fourth-order valence-electron chi connectivity index (χ4n) is 13.9. The number of hydrogen-bond donors (Lipinski definition) is 0. The van der Waals surface area contributed by atoms with Gasteiger partial charge in [-0.15, -0.1) is 0 Å². The highest BCUT2D eigenvalue weighted by Crippen LogP contribution is 2.62. The summed E-state index contributed by atoms with van der Waals surface area (Å²) in [7, 11) is 0. The minimum absolute atomic E-state index is 0.00241. The lowest BCUT2D eigenvalue weighted by Gasteiger charge is -2.57. The van der Waals surface area contributed by atoms with Gasteiger partial charge in [0.25, 0.3) is 6.71 Å². The second kappa shape index (κ2) is 12.1. The number of para-hydroxylation sites is 2. The maximum Gasteiger partial charge on any atom is 0.256 e. The third-order valence-corrected chi connectivity index (χ3v) is 16.5. The molecule has 3 nitrogen and oxygen atoms in total. The van der Waals surface area contributed by atoms with Gasteiger partial charge < -0.3 is 13.9 Å². The van der Waals surface area contributed by atoms with Gasteiger partial charge in [-0.2, -0.15) is 0 Å². The first-order valence-electron chi connectivity index (χ1n) is 23.7. The molecule has 62 heavy (non-hydrogen) atoms. The van der Waals surface area contributed by atoms with Crippen molar-refractivity contribution in [3.05, 3.63) is 125 Å². The van der Waals surface area contributed by atoms with Crippen LogP contribution in [0.3, 0.4) is 0 Å². The molecule has 0 unspecified atom stereocenters. The molecule has 0 saturated heterocycles. The van der Waals surface area contributed by atoms with Crippen LogP contribution in [0.25, 0.3) is 55.0 Å². The Balaban J connectivity index is 1.16. The molecule has 0 radical (unpaired) electrons. The monoisotopic (exact) mass is 810 g/mol. The second-order valence-electron chi connectivity index (χ2n) is 23.7. The molecule has 0 amide bonds. The van der Waals surface area contributed by atoms with E-state index >= 15 is 0 Å². The highest BCUT2D eigenvalue weighted by Gasteiger charge is 2.52. The standard InChI is InChI=1S/C58H59BN2O/c1-55(2,3)36-17-19-48-42(24-36)43-25-38(57(7,8)9)27-46-54(43)61(48)49-28-39(29-51-52(49)59(46)45-26-37(56(4,5)6)18-20-50(45)62-51)60-47-16-11-10-13-40(47)41-14-12-15-44(53(41)60)58-30-33-21-34(31-58)23-35(22-33)32-58/h10-20,24-29,33-35H,21-23,30-32H2,1-9H3. The molecule has 0 spiro atoms. The summed E-state index contributed by atoms with van der Waals surface area (Å²) in [6.07, 6.45) is 8.34. The number of ether oxygens (including phenoxy) is 1. The number of nitrogens with zero attached hydrogens (tertiary/aromatic N) is 2. The average Bonchev–Trinajstić information content (AvgIpc) is 3.73. The van der Waals surface area contributed by atoms with Crippen LogP contribution < -0.4 is 21.1 Å². The van der Waals surface area contributed by atoms with Crippen molar-refractivity contribution in [2.24, 2.45) is 17.8 Å². The quantitative estimate of drug-likeness (QED) is 0.159. The Bertz CT molecular complexity index is 3230. The van der Waals surface area contributed by atoms with Gasteiger partial charge in [0.15, 0.2) is 0 Å². The molecule has 0 atom stereocenters. The van der Waals surface area contributed by atoms with Gasteiger partial charge in [-0.3, -0.25) is 0 Å². The lowest BCUT2D eigenvalue weighted by molar-refractivity contribution is -0.00460. The second-order valence-corrected chi connectivity index (χ2v) is 23.7. The molecular weight excluding hydrogens is 751 g/mol. The van der Waals surface area contributed by atoms with Crippen LogP contribution in [0.1, 0.15) is 123 Å². The lowest BCUT2D eigenvalue weighted by atomic mass is 9.34.